The normalized spacial score (nSPS) is 15.7. The van der Waals surface area contributed by atoms with Crippen LogP contribution >= 0.6 is 0 Å². The van der Waals surface area contributed by atoms with Gasteiger partial charge >= 0.3 is 0 Å². The molecule has 0 radical (unpaired) electrons. The van der Waals surface area contributed by atoms with Gasteiger partial charge in [-0.1, -0.05) is 19.9 Å². The highest BCUT2D eigenvalue weighted by Crippen LogP contribution is 2.20. The van der Waals surface area contributed by atoms with Crippen LogP contribution in [0.4, 0.5) is 0 Å². The van der Waals surface area contributed by atoms with Crippen molar-refractivity contribution in [1.29, 1.82) is 0 Å². The number of primary sulfonamides is 1. The van der Waals surface area contributed by atoms with E-state index in [2.05, 4.69) is 0 Å². The van der Waals surface area contributed by atoms with Crippen LogP contribution in [0, 0.1) is 0 Å². The molecule has 5 heteroatoms. The first kappa shape index (κ1) is 15.9. The van der Waals surface area contributed by atoms with Crippen LogP contribution in [0.25, 0.3) is 0 Å². The van der Waals surface area contributed by atoms with Crippen molar-refractivity contribution >= 4 is 10.0 Å². The summed E-state index contributed by atoms with van der Waals surface area (Å²) >= 11 is 0. The monoisotopic (exact) mass is 259 g/mol. The number of sulfonamides is 1. The minimum absolute atomic E-state index is 0.205. The molecule has 2 N–H and O–H groups in total. The molecular weight excluding hydrogens is 238 g/mol. The van der Waals surface area contributed by atoms with Crippen LogP contribution < -0.4 is 5.14 Å². The van der Waals surface area contributed by atoms with Crippen molar-refractivity contribution in [3.05, 3.63) is 34.5 Å². The van der Waals surface area contributed by atoms with E-state index >= 15 is 0 Å². The lowest BCUT2D eigenvalue weighted by Crippen LogP contribution is -2.13. The minimum Gasteiger partial charge on any atom is -0.494 e. The highest BCUT2D eigenvalue weighted by atomic mass is 32.2. The maximum Gasteiger partial charge on any atom is 0.234 e. The maximum absolute atomic E-state index is 11.1. The van der Waals surface area contributed by atoms with Crippen LogP contribution in [0.2, 0.25) is 0 Å². The van der Waals surface area contributed by atoms with Crippen molar-refractivity contribution in [2.45, 2.75) is 34.1 Å². The van der Waals surface area contributed by atoms with Crippen molar-refractivity contribution in [2.75, 3.05) is 6.61 Å². The van der Waals surface area contributed by atoms with E-state index in [4.69, 9.17) is 9.88 Å². The summed E-state index contributed by atoms with van der Waals surface area (Å²) in [6, 6.07) is 0. The lowest BCUT2D eigenvalue weighted by Gasteiger charge is -2.06. The Balaban J connectivity index is 0.00000121. The average molecular weight is 259 g/mol. The first-order valence-corrected chi connectivity index (χ1v) is 7.23. The van der Waals surface area contributed by atoms with Crippen molar-refractivity contribution in [2.24, 2.45) is 5.14 Å². The maximum atomic E-state index is 11.1. The molecule has 0 spiro atoms. The molecule has 0 bridgehead atoms. The predicted octanol–water partition coefficient (Wildman–Crippen LogP) is 2.46. The van der Waals surface area contributed by atoms with Gasteiger partial charge in [0.15, 0.2) is 0 Å². The third kappa shape index (κ3) is 5.19. The smallest absolute Gasteiger partial charge is 0.234 e. The van der Waals surface area contributed by atoms with E-state index in [1.54, 1.807) is 12.2 Å². The molecular formula is C12H21NO3S. The average Bonchev–Trinajstić information content (AvgIpc) is 2.45. The van der Waals surface area contributed by atoms with Crippen LogP contribution in [-0.4, -0.2) is 15.0 Å². The van der Waals surface area contributed by atoms with Gasteiger partial charge in [0.2, 0.25) is 10.0 Å². The molecule has 1 aliphatic rings. The van der Waals surface area contributed by atoms with E-state index in [0.717, 1.165) is 5.57 Å². The van der Waals surface area contributed by atoms with Gasteiger partial charge in [-0.25, -0.2) is 13.6 Å². The fraction of sp³-hybridized carbons (Fsp3) is 0.500. The Morgan fingerprint density at radius 3 is 2.41 bits per heavy atom. The van der Waals surface area contributed by atoms with Gasteiger partial charge in [0, 0.05) is 6.42 Å². The second-order valence-corrected chi connectivity index (χ2v) is 4.85. The molecule has 1 rings (SSSR count). The molecule has 4 nitrogen and oxygen atoms in total. The third-order valence-corrected chi connectivity index (χ3v) is 3.12. The van der Waals surface area contributed by atoms with E-state index in [9.17, 15) is 8.42 Å². The Morgan fingerprint density at radius 2 is 1.94 bits per heavy atom. The summed E-state index contributed by atoms with van der Waals surface area (Å²) in [5.41, 5.74) is 0.923. The Morgan fingerprint density at radius 1 is 1.35 bits per heavy atom. The Labute approximate surface area is 104 Å². The van der Waals surface area contributed by atoms with Crippen molar-refractivity contribution in [3.8, 4) is 0 Å². The molecule has 0 aromatic heterocycles. The molecule has 17 heavy (non-hydrogen) atoms. The summed E-state index contributed by atoms with van der Waals surface area (Å²) in [6.07, 6.45) is 5.25. The molecule has 0 saturated heterocycles. The molecule has 1 aliphatic carbocycles. The van der Waals surface area contributed by atoms with Crippen molar-refractivity contribution in [1.82, 2.24) is 0 Å². The number of hydrogen-bond donors (Lipinski definition) is 1. The first-order valence-electron chi connectivity index (χ1n) is 5.68. The van der Waals surface area contributed by atoms with Crippen LogP contribution in [0.15, 0.2) is 34.5 Å². The van der Waals surface area contributed by atoms with Gasteiger partial charge in [0.25, 0.3) is 0 Å². The highest BCUT2D eigenvalue weighted by molar-refractivity contribution is 7.93. The second-order valence-electron chi connectivity index (χ2n) is 3.23. The molecule has 0 amide bonds. The summed E-state index contributed by atoms with van der Waals surface area (Å²) < 4.78 is 27.6. The first-order chi connectivity index (χ1) is 7.95. The number of rotatable bonds is 3. The summed E-state index contributed by atoms with van der Waals surface area (Å²) in [6.45, 7) is 8.31. The minimum atomic E-state index is -3.59. The fourth-order valence-corrected chi connectivity index (χ4v) is 1.82. The summed E-state index contributed by atoms with van der Waals surface area (Å²) in [5, 5.41) is 5.05. The van der Waals surface area contributed by atoms with Crippen LogP contribution in [0.1, 0.15) is 34.1 Å². The Kier molecular flexibility index (Phi) is 6.83. The molecule has 0 fully saturated rings. The standard InChI is InChI=1S/C10H15NO3S.C2H6/c1-3-14-10-7-6-9(15(11,12)13)5-4-8(10)2;1-2/h4,6-7H,3,5H2,1-2H3,(H2,11,12,13);1-2H3. The molecule has 98 valence electrons. The molecule has 0 saturated carbocycles. The lowest BCUT2D eigenvalue weighted by atomic mass is 10.2. The third-order valence-electron chi connectivity index (χ3n) is 2.08. The fourth-order valence-electron chi connectivity index (χ4n) is 1.25. The number of allylic oxidation sites excluding steroid dienone is 5. The summed E-state index contributed by atoms with van der Waals surface area (Å²) in [4.78, 5) is 0.205. The topological polar surface area (TPSA) is 69.4 Å². The zero-order valence-corrected chi connectivity index (χ0v) is 11.7. The number of nitrogens with two attached hydrogens (primary N) is 1. The largest absolute Gasteiger partial charge is 0.494 e. The molecule has 0 heterocycles. The molecule has 0 atom stereocenters. The highest BCUT2D eigenvalue weighted by Gasteiger charge is 2.13. The van der Waals surface area contributed by atoms with Crippen LogP contribution in [-0.2, 0) is 14.8 Å². The van der Waals surface area contributed by atoms with E-state index in [1.807, 2.05) is 27.7 Å². The van der Waals surface area contributed by atoms with Gasteiger partial charge < -0.3 is 4.74 Å². The zero-order valence-electron chi connectivity index (χ0n) is 10.9. The van der Waals surface area contributed by atoms with E-state index < -0.39 is 10.0 Å². The molecule has 0 aromatic rings. The second kappa shape index (κ2) is 7.29. The Bertz CT molecular complexity index is 431. The lowest BCUT2D eigenvalue weighted by molar-refractivity contribution is 0.238. The number of ether oxygens (including phenoxy) is 1. The number of hydrogen-bond acceptors (Lipinski definition) is 3. The van der Waals surface area contributed by atoms with Gasteiger partial charge in [-0.05, 0) is 31.6 Å². The SMILES string of the molecule is CC.CCOC1=CC=C(S(N)(=O)=O)CC=C1C. The van der Waals surface area contributed by atoms with Gasteiger partial charge in [0.05, 0.1) is 11.5 Å². The van der Waals surface area contributed by atoms with Crippen molar-refractivity contribution < 1.29 is 13.2 Å². The summed E-state index contributed by atoms with van der Waals surface area (Å²) in [5.74, 6) is 0.691. The van der Waals surface area contributed by atoms with Crippen molar-refractivity contribution in [3.63, 3.8) is 0 Å². The molecule has 0 aliphatic heterocycles. The summed E-state index contributed by atoms with van der Waals surface area (Å²) in [7, 11) is -3.59. The van der Waals surface area contributed by atoms with Gasteiger partial charge in [-0.15, -0.1) is 0 Å². The van der Waals surface area contributed by atoms with Crippen LogP contribution in [0.3, 0.4) is 0 Å². The molecule has 0 unspecified atom stereocenters. The van der Waals surface area contributed by atoms with Gasteiger partial charge in [0.1, 0.15) is 5.76 Å². The Hall–Kier alpha value is -1.07. The van der Waals surface area contributed by atoms with E-state index in [0.29, 0.717) is 18.8 Å². The van der Waals surface area contributed by atoms with E-state index in [1.165, 1.54) is 6.08 Å². The van der Waals surface area contributed by atoms with Crippen LogP contribution in [0.5, 0.6) is 0 Å². The molecule has 0 aromatic carbocycles. The van der Waals surface area contributed by atoms with Gasteiger partial charge in [-0.2, -0.15) is 0 Å². The predicted molar refractivity (Wildman–Crippen MR) is 70.6 cm³/mol. The quantitative estimate of drug-likeness (QED) is 0.846. The zero-order chi connectivity index (χ0) is 13.5. The van der Waals surface area contributed by atoms with Gasteiger partial charge in [-0.3, -0.25) is 0 Å². The van der Waals surface area contributed by atoms with E-state index in [-0.39, 0.29) is 4.91 Å².